The van der Waals surface area contributed by atoms with Crippen molar-refractivity contribution in [3.05, 3.63) is 29.3 Å². The van der Waals surface area contributed by atoms with E-state index in [-0.39, 0.29) is 5.91 Å². The minimum Gasteiger partial charge on any atom is -0.384 e. The fraction of sp³-hybridized carbons (Fsp3) is 0.588. The van der Waals surface area contributed by atoms with Gasteiger partial charge in [0.2, 0.25) is 0 Å². The van der Waals surface area contributed by atoms with Crippen LogP contribution in [0.5, 0.6) is 0 Å². The van der Waals surface area contributed by atoms with Gasteiger partial charge >= 0.3 is 0 Å². The first-order valence-corrected chi connectivity index (χ1v) is 7.94. The summed E-state index contributed by atoms with van der Waals surface area (Å²) in [6.45, 7) is 6.67. The highest BCUT2D eigenvalue weighted by atomic mass is 16.1. The number of rotatable bonds is 8. The van der Waals surface area contributed by atoms with Gasteiger partial charge in [0.1, 0.15) is 0 Å². The maximum Gasteiger partial charge on any atom is 0.253 e. The van der Waals surface area contributed by atoms with Crippen molar-refractivity contribution >= 4 is 11.6 Å². The summed E-state index contributed by atoms with van der Waals surface area (Å²) in [5.41, 5.74) is 2.84. The Labute approximate surface area is 127 Å². The quantitative estimate of drug-likeness (QED) is 0.773. The van der Waals surface area contributed by atoms with Crippen LogP contribution in [-0.2, 0) is 0 Å². The average molecular weight is 289 g/mol. The van der Waals surface area contributed by atoms with Crippen LogP contribution in [0.3, 0.4) is 0 Å². The molecule has 116 valence electrons. The van der Waals surface area contributed by atoms with Crippen LogP contribution in [0.2, 0.25) is 0 Å². The Morgan fingerprint density at radius 3 is 2.76 bits per heavy atom. The van der Waals surface area contributed by atoms with E-state index >= 15 is 0 Å². The van der Waals surface area contributed by atoms with Crippen LogP contribution in [0.1, 0.15) is 42.1 Å². The molecule has 0 unspecified atom stereocenters. The second-order valence-corrected chi connectivity index (χ2v) is 5.94. The molecule has 1 saturated carbocycles. The fourth-order valence-corrected chi connectivity index (χ4v) is 2.40. The maximum absolute atomic E-state index is 12.3. The van der Waals surface area contributed by atoms with Crippen molar-refractivity contribution in [2.75, 3.05) is 32.0 Å². The van der Waals surface area contributed by atoms with Crippen molar-refractivity contribution in [1.82, 2.24) is 10.2 Å². The Bertz CT molecular complexity index is 483. The Morgan fingerprint density at radius 1 is 1.33 bits per heavy atom. The Kier molecular flexibility index (Phi) is 5.62. The molecule has 0 radical (unpaired) electrons. The van der Waals surface area contributed by atoms with E-state index in [0.29, 0.717) is 6.54 Å². The number of aryl methyl sites for hydroxylation is 1. The molecule has 0 aliphatic heterocycles. The molecule has 0 atom stereocenters. The van der Waals surface area contributed by atoms with E-state index in [0.717, 1.165) is 36.8 Å². The number of amides is 1. The van der Waals surface area contributed by atoms with Crippen LogP contribution in [0.25, 0.3) is 0 Å². The Hall–Kier alpha value is -1.55. The number of hydrogen-bond acceptors (Lipinski definition) is 3. The van der Waals surface area contributed by atoms with E-state index in [1.807, 2.05) is 25.1 Å². The highest BCUT2D eigenvalue weighted by Gasteiger charge is 2.25. The van der Waals surface area contributed by atoms with Gasteiger partial charge in [-0.05, 0) is 50.9 Å². The summed E-state index contributed by atoms with van der Waals surface area (Å²) >= 11 is 0. The molecule has 1 aromatic carbocycles. The summed E-state index contributed by atoms with van der Waals surface area (Å²) in [5.74, 6) is 0.0119. The third-order valence-electron chi connectivity index (χ3n) is 3.91. The lowest BCUT2D eigenvalue weighted by molar-refractivity contribution is 0.0950. The number of carbonyl (C=O) groups is 1. The van der Waals surface area contributed by atoms with E-state index in [1.54, 1.807) is 0 Å². The Morgan fingerprint density at radius 2 is 2.10 bits per heavy atom. The molecule has 0 aromatic heterocycles. The lowest BCUT2D eigenvalue weighted by Gasteiger charge is -2.17. The normalized spacial score (nSPS) is 14.3. The van der Waals surface area contributed by atoms with Crippen molar-refractivity contribution in [2.24, 2.45) is 0 Å². The zero-order chi connectivity index (χ0) is 15.2. The predicted octanol–water partition coefficient (Wildman–Crippen LogP) is 2.64. The number of likely N-dealkylation sites (N-methyl/N-ethyl adjacent to an activating group) is 1. The largest absolute Gasteiger partial charge is 0.384 e. The molecular formula is C17H27N3O. The molecule has 0 bridgehead atoms. The molecule has 1 fully saturated rings. The number of benzene rings is 1. The SMILES string of the molecule is CCCNc1cc(C)ccc1C(=O)NCCN(C)C1CC1. The molecule has 21 heavy (non-hydrogen) atoms. The highest BCUT2D eigenvalue weighted by molar-refractivity contribution is 5.99. The van der Waals surface area contributed by atoms with Crippen LogP contribution >= 0.6 is 0 Å². The molecule has 0 saturated heterocycles. The van der Waals surface area contributed by atoms with Gasteiger partial charge in [0.25, 0.3) is 5.91 Å². The Balaban J connectivity index is 1.90. The van der Waals surface area contributed by atoms with Gasteiger partial charge in [-0.25, -0.2) is 0 Å². The standard InChI is InChI=1S/C17H27N3O/c1-4-9-18-16-12-13(2)5-8-15(16)17(21)19-10-11-20(3)14-6-7-14/h5,8,12,14,18H,4,6-7,9-11H2,1-3H3,(H,19,21). The number of anilines is 1. The fourth-order valence-electron chi connectivity index (χ4n) is 2.40. The minimum atomic E-state index is 0.0119. The maximum atomic E-state index is 12.3. The number of hydrogen-bond donors (Lipinski definition) is 2. The van der Waals surface area contributed by atoms with Gasteiger partial charge < -0.3 is 15.5 Å². The highest BCUT2D eigenvalue weighted by Crippen LogP contribution is 2.24. The van der Waals surface area contributed by atoms with Crippen LogP contribution < -0.4 is 10.6 Å². The van der Waals surface area contributed by atoms with Crippen LogP contribution in [0.15, 0.2) is 18.2 Å². The molecule has 1 aromatic rings. The number of nitrogens with one attached hydrogen (secondary N) is 2. The average Bonchev–Trinajstić information content (AvgIpc) is 3.29. The zero-order valence-corrected chi connectivity index (χ0v) is 13.4. The molecule has 0 spiro atoms. The van der Waals surface area contributed by atoms with Crippen LogP contribution in [0.4, 0.5) is 5.69 Å². The molecule has 1 aliphatic rings. The summed E-state index contributed by atoms with van der Waals surface area (Å²) < 4.78 is 0. The molecule has 1 amide bonds. The van der Waals surface area contributed by atoms with Crippen molar-refractivity contribution in [1.29, 1.82) is 0 Å². The van der Waals surface area contributed by atoms with Crippen LogP contribution in [0, 0.1) is 6.92 Å². The van der Waals surface area contributed by atoms with E-state index in [4.69, 9.17) is 0 Å². The summed E-state index contributed by atoms with van der Waals surface area (Å²) in [5, 5.41) is 6.37. The number of carbonyl (C=O) groups excluding carboxylic acids is 1. The van der Waals surface area contributed by atoms with Crippen molar-refractivity contribution in [2.45, 2.75) is 39.2 Å². The van der Waals surface area contributed by atoms with Gasteiger partial charge in [-0.3, -0.25) is 4.79 Å². The van der Waals surface area contributed by atoms with Gasteiger partial charge in [-0.2, -0.15) is 0 Å². The van der Waals surface area contributed by atoms with Crippen molar-refractivity contribution < 1.29 is 4.79 Å². The molecule has 1 aliphatic carbocycles. The lowest BCUT2D eigenvalue weighted by atomic mass is 10.1. The van der Waals surface area contributed by atoms with Gasteiger partial charge in [-0.15, -0.1) is 0 Å². The molecule has 2 N–H and O–H groups in total. The van der Waals surface area contributed by atoms with E-state index in [1.165, 1.54) is 18.4 Å². The smallest absolute Gasteiger partial charge is 0.253 e. The summed E-state index contributed by atoms with van der Waals surface area (Å²) in [6.07, 6.45) is 3.64. The van der Waals surface area contributed by atoms with Gasteiger partial charge in [0.05, 0.1) is 5.56 Å². The molecule has 0 heterocycles. The third-order valence-corrected chi connectivity index (χ3v) is 3.91. The summed E-state index contributed by atoms with van der Waals surface area (Å²) in [7, 11) is 2.13. The lowest BCUT2D eigenvalue weighted by Crippen LogP contribution is -2.34. The molecular weight excluding hydrogens is 262 g/mol. The third kappa shape index (κ3) is 4.74. The van der Waals surface area contributed by atoms with E-state index < -0.39 is 0 Å². The van der Waals surface area contributed by atoms with Crippen molar-refractivity contribution in [3.8, 4) is 0 Å². The zero-order valence-electron chi connectivity index (χ0n) is 13.4. The van der Waals surface area contributed by atoms with Gasteiger partial charge in [0.15, 0.2) is 0 Å². The van der Waals surface area contributed by atoms with Crippen molar-refractivity contribution in [3.63, 3.8) is 0 Å². The second kappa shape index (κ2) is 7.46. The van der Waals surface area contributed by atoms with Gasteiger partial charge in [-0.1, -0.05) is 13.0 Å². The first-order valence-electron chi connectivity index (χ1n) is 7.94. The monoisotopic (exact) mass is 289 g/mol. The summed E-state index contributed by atoms with van der Waals surface area (Å²) in [6, 6.07) is 6.68. The topological polar surface area (TPSA) is 44.4 Å². The predicted molar refractivity (Wildman–Crippen MR) is 87.9 cm³/mol. The second-order valence-electron chi connectivity index (χ2n) is 5.94. The van der Waals surface area contributed by atoms with Crippen LogP contribution in [-0.4, -0.2) is 43.5 Å². The van der Waals surface area contributed by atoms with E-state index in [9.17, 15) is 4.79 Å². The van der Waals surface area contributed by atoms with E-state index in [2.05, 4.69) is 29.5 Å². The minimum absolute atomic E-state index is 0.0119. The first-order chi connectivity index (χ1) is 10.1. The molecule has 4 heteroatoms. The van der Waals surface area contributed by atoms with Gasteiger partial charge in [0, 0.05) is 31.4 Å². The first kappa shape index (κ1) is 15.8. The number of nitrogens with zero attached hydrogens (tertiary/aromatic N) is 1. The summed E-state index contributed by atoms with van der Waals surface area (Å²) in [4.78, 5) is 14.7. The molecule has 2 rings (SSSR count). The molecule has 4 nitrogen and oxygen atoms in total.